The smallest absolute Gasteiger partial charge is 0.228 e. The highest BCUT2D eigenvalue weighted by Crippen LogP contribution is 2.32. The van der Waals surface area contributed by atoms with Crippen molar-refractivity contribution in [3.63, 3.8) is 0 Å². The van der Waals surface area contributed by atoms with Gasteiger partial charge in [0.2, 0.25) is 11.0 Å². The van der Waals surface area contributed by atoms with Gasteiger partial charge in [-0.2, -0.15) is 0 Å². The Morgan fingerprint density at radius 3 is 2.77 bits per heavy atom. The van der Waals surface area contributed by atoms with E-state index in [-0.39, 0.29) is 12.3 Å². The summed E-state index contributed by atoms with van der Waals surface area (Å²) in [7, 11) is 0. The maximum atomic E-state index is 12.9. The molecule has 9 heteroatoms. The molecule has 1 aliphatic heterocycles. The second kappa shape index (κ2) is 7.81. The minimum atomic E-state index is 0.0846. The molecular formula is C21H21N5O2S2. The summed E-state index contributed by atoms with van der Waals surface area (Å²) in [5.74, 6) is 0.0846. The lowest BCUT2D eigenvalue weighted by Crippen LogP contribution is -2.49. The third kappa shape index (κ3) is 3.59. The van der Waals surface area contributed by atoms with Crippen LogP contribution in [0.4, 0.5) is 5.13 Å². The Bertz CT molecular complexity index is 1190. The number of aromatic nitrogens is 3. The summed E-state index contributed by atoms with van der Waals surface area (Å²) in [6, 6.07) is 8.14. The third-order valence-corrected chi connectivity index (χ3v) is 7.38. The number of amides is 1. The first-order valence-corrected chi connectivity index (χ1v) is 11.5. The highest BCUT2D eigenvalue weighted by atomic mass is 32.1. The van der Waals surface area contributed by atoms with Crippen molar-refractivity contribution in [3.8, 4) is 9.88 Å². The summed E-state index contributed by atoms with van der Waals surface area (Å²) in [6.45, 7) is 6.90. The Morgan fingerprint density at radius 2 is 2.00 bits per heavy atom. The topological polar surface area (TPSA) is 75.4 Å². The molecule has 5 rings (SSSR count). The van der Waals surface area contributed by atoms with E-state index in [1.807, 2.05) is 36.3 Å². The van der Waals surface area contributed by atoms with Crippen LogP contribution in [0.2, 0.25) is 0 Å². The molecule has 0 atom stereocenters. The number of benzene rings is 1. The molecule has 154 valence electrons. The zero-order chi connectivity index (χ0) is 20.7. The minimum absolute atomic E-state index is 0.0846. The van der Waals surface area contributed by atoms with Crippen molar-refractivity contribution in [2.75, 3.05) is 31.1 Å². The molecule has 30 heavy (non-hydrogen) atoms. The summed E-state index contributed by atoms with van der Waals surface area (Å²) in [6.07, 6.45) is 0.262. The summed E-state index contributed by atoms with van der Waals surface area (Å²) in [5.41, 5.74) is 3.69. The molecule has 0 radical (unpaired) electrons. The van der Waals surface area contributed by atoms with Crippen LogP contribution in [-0.2, 0) is 11.2 Å². The fourth-order valence-electron chi connectivity index (χ4n) is 3.89. The van der Waals surface area contributed by atoms with Gasteiger partial charge in [-0.25, -0.2) is 0 Å². The second-order valence-corrected chi connectivity index (χ2v) is 9.40. The van der Waals surface area contributed by atoms with Gasteiger partial charge in [-0.1, -0.05) is 28.6 Å². The van der Waals surface area contributed by atoms with E-state index in [2.05, 4.69) is 32.4 Å². The third-order valence-electron chi connectivity index (χ3n) is 5.35. The molecular weight excluding hydrogens is 418 g/mol. The van der Waals surface area contributed by atoms with Gasteiger partial charge in [0.05, 0.1) is 11.3 Å². The van der Waals surface area contributed by atoms with E-state index in [0.717, 1.165) is 55.9 Å². The number of carbonyl (C=O) groups is 1. The van der Waals surface area contributed by atoms with Crippen LogP contribution in [0, 0.1) is 13.8 Å². The average molecular weight is 440 g/mol. The first kappa shape index (κ1) is 19.2. The second-order valence-electron chi connectivity index (χ2n) is 7.50. The SMILES string of the molecule is Cc1cc(C)c2c(CC(=O)N3CCN(c4nnc(-c5cccs5)s4)CC3)noc2c1. The van der Waals surface area contributed by atoms with Crippen molar-refractivity contribution in [2.45, 2.75) is 20.3 Å². The maximum Gasteiger partial charge on any atom is 0.228 e. The van der Waals surface area contributed by atoms with Crippen LogP contribution in [0.1, 0.15) is 16.8 Å². The van der Waals surface area contributed by atoms with E-state index >= 15 is 0 Å². The van der Waals surface area contributed by atoms with Crippen molar-refractivity contribution in [2.24, 2.45) is 0 Å². The number of carbonyl (C=O) groups excluding carboxylic acids is 1. The van der Waals surface area contributed by atoms with E-state index in [4.69, 9.17) is 4.52 Å². The quantitative estimate of drug-likeness (QED) is 0.480. The predicted octanol–water partition coefficient (Wildman–Crippen LogP) is 3.92. The van der Waals surface area contributed by atoms with Gasteiger partial charge in [-0.3, -0.25) is 4.79 Å². The number of thiophene rings is 1. The first-order chi connectivity index (χ1) is 14.6. The van der Waals surface area contributed by atoms with Crippen molar-refractivity contribution >= 4 is 44.7 Å². The standard InChI is InChI=1S/C21H21N5O2S2/c1-13-10-14(2)19-15(24-28-16(19)11-13)12-18(27)25-5-7-26(8-6-25)21-23-22-20(30-21)17-4-3-9-29-17/h3-4,9-11H,5-8,12H2,1-2H3. The van der Waals surface area contributed by atoms with Crippen LogP contribution < -0.4 is 4.90 Å². The van der Waals surface area contributed by atoms with Crippen molar-refractivity contribution in [1.82, 2.24) is 20.3 Å². The van der Waals surface area contributed by atoms with Crippen LogP contribution in [0.25, 0.3) is 20.9 Å². The lowest BCUT2D eigenvalue weighted by Gasteiger charge is -2.34. The number of aryl methyl sites for hydroxylation is 2. The Hall–Kier alpha value is -2.78. The number of rotatable bonds is 4. The Morgan fingerprint density at radius 1 is 1.17 bits per heavy atom. The normalized spacial score (nSPS) is 14.6. The van der Waals surface area contributed by atoms with E-state index in [0.29, 0.717) is 13.1 Å². The average Bonchev–Trinajstić information content (AvgIpc) is 3.48. The summed E-state index contributed by atoms with van der Waals surface area (Å²) in [5, 5.41) is 17.7. The number of hydrogen-bond donors (Lipinski definition) is 0. The lowest BCUT2D eigenvalue weighted by atomic mass is 10.0. The van der Waals surface area contributed by atoms with Crippen LogP contribution in [0.15, 0.2) is 34.2 Å². The van der Waals surface area contributed by atoms with Gasteiger partial charge in [-0.15, -0.1) is 21.5 Å². The predicted molar refractivity (Wildman–Crippen MR) is 119 cm³/mol. The molecule has 1 saturated heterocycles. The van der Waals surface area contributed by atoms with Crippen molar-refractivity contribution in [3.05, 3.63) is 46.5 Å². The van der Waals surface area contributed by atoms with Crippen LogP contribution in [-0.4, -0.2) is 52.3 Å². The van der Waals surface area contributed by atoms with E-state index < -0.39 is 0 Å². The van der Waals surface area contributed by atoms with E-state index in [1.54, 1.807) is 22.7 Å². The number of nitrogens with zero attached hydrogens (tertiary/aromatic N) is 5. The Labute approximate surface area is 181 Å². The van der Waals surface area contributed by atoms with Crippen LogP contribution >= 0.6 is 22.7 Å². The summed E-state index contributed by atoms with van der Waals surface area (Å²) < 4.78 is 5.46. The summed E-state index contributed by atoms with van der Waals surface area (Å²) >= 11 is 3.27. The molecule has 0 N–H and O–H groups in total. The van der Waals surface area contributed by atoms with E-state index in [9.17, 15) is 4.79 Å². The maximum absolute atomic E-state index is 12.9. The molecule has 0 spiro atoms. The molecule has 1 fully saturated rings. The fourth-order valence-corrected chi connectivity index (χ4v) is 5.57. The van der Waals surface area contributed by atoms with Crippen molar-refractivity contribution < 1.29 is 9.32 Å². The molecule has 1 aromatic carbocycles. The van der Waals surface area contributed by atoms with Gasteiger partial charge >= 0.3 is 0 Å². The fraction of sp³-hybridized carbons (Fsp3) is 0.333. The van der Waals surface area contributed by atoms with E-state index in [1.165, 1.54) is 0 Å². The highest BCUT2D eigenvalue weighted by molar-refractivity contribution is 7.22. The number of hydrogen-bond acceptors (Lipinski definition) is 8. The van der Waals surface area contributed by atoms with Gasteiger partial charge < -0.3 is 14.3 Å². The van der Waals surface area contributed by atoms with Gasteiger partial charge in [0.15, 0.2) is 10.6 Å². The lowest BCUT2D eigenvalue weighted by molar-refractivity contribution is -0.130. The summed E-state index contributed by atoms with van der Waals surface area (Å²) in [4.78, 5) is 18.1. The molecule has 4 heterocycles. The highest BCUT2D eigenvalue weighted by Gasteiger charge is 2.25. The van der Waals surface area contributed by atoms with Crippen LogP contribution in [0.3, 0.4) is 0 Å². The molecule has 0 unspecified atom stereocenters. The van der Waals surface area contributed by atoms with Gasteiger partial charge in [0.25, 0.3) is 0 Å². The Balaban J connectivity index is 1.23. The molecule has 1 aliphatic rings. The first-order valence-electron chi connectivity index (χ1n) is 9.84. The molecule has 3 aromatic heterocycles. The Kier molecular flexibility index (Phi) is 5.00. The van der Waals surface area contributed by atoms with Crippen LogP contribution in [0.5, 0.6) is 0 Å². The van der Waals surface area contributed by atoms with Gasteiger partial charge in [0, 0.05) is 31.6 Å². The van der Waals surface area contributed by atoms with Gasteiger partial charge in [0.1, 0.15) is 5.69 Å². The zero-order valence-corrected chi connectivity index (χ0v) is 18.4. The molecule has 0 aliphatic carbocycles. The number of anilines is 1. The molecule has 1 amide bonds. The monoisotopic (exact) mass is 439 g/mol. The minimum Gasteiger partial charge on any atom is -0.356 e. The molecule has 0 saturated carbocycles. The molecule has 7 nitrogen and oxygen atoms in total. The van der Waals surface area contributed by atoms with Crippen molar-refractivity contribution in [1.29, 1.82) is 0 Å². The zero-order valence-electron chi connectivity index (χ0n) is 16.8. The van der Waals surface area contributed by atoms with Gasteiger partial charge in [-0.05, 0) is 42.5 Å². The largest absolute Gasteiger partial charge is 0.356 e. The molecule has 0 bridgehead atoms. The number of piperazine rings is 1. The number of fused-ring (bicyclic) bond motifs is 1. The molecule has 4 aromatic rings.